The van der Waals surface area contributed by atoms with E-state index in [9.17, 15) is 22.4 Å². The van der Waals surface area contributed by atoms with Gasteiger partial charge in [-0.1, -0.05) is 78.9 Å². The Labute approximate surface area is 239 Å². The highest BCUT2D eigenvalue weighted by molar-refractivity contribution is 7.88. The second-order valence-electron chi connectivity index (χ2n) is 9.52. The van der Waals surface area contributed by atoms with E-state index in [1.54, 1.807) is 79.0 Å². The number of carbonyl (C=O) groups is 2. The molecule has 1 aromatic heterocycles. The van der Waals surface area contributed by atoms with Crippen molar-refractivity contribution in [2.24, 2.45) is 0 Å². The van der Waals surface area contributed by atoms with Gasteiger partial charge in [-0.3, -0.25) is 14.6 Å². The molecule has 2 amide bonds. The maximum absolute atomic E-state index is 14.0. The molecule has 0 unspecified atom stereocenters. The number of halogens is 1. The molecule has 212 valence electrons. The molecule has 0 spiro atoms. The molecule has 8 nitrogen and oxygen atoms in total. The first-order chi connectivity index (χ1) is 19.7. The van der Waals surface area contributed by atoms with E-state index in [0.717, 1.165) is 10.6 Å². The number of pyridine rings is 1. The van der Waals surface area contributed by atoms with Gasteiger partial charge in [0.25, 0.3) is 0 Å². The molecule has 0 fully saturated rings. The Morgan fingerprint density at radius 2 is 1.44 bits per heavy atom. The summed E-state index contributed by atoms with van der Waals surface area (Å²) in [7, 11) is -3.80. The quantitative estimate of drug-likeness (QED) is 0.275. The molecule has 0 aliphatic rings. The Hall–Kier alpha value is -4.41. The molecule has 0 radical (unpaired) electrons. The number of nitrogens with zero attached hydrogens (tertiary/aromatic N) is 3. The molecule has 1 atom stereocenters. The minimum Gasteiger partial charge on any atom is -0.348 e. The minimum absolute atomic E-state index is 0.0162. The Morgan fingerprint density at radius 3 is 2.05 bits per heavy atom. The van der Waals surface area contributed by atoms with Crippen LogP contribution in [-0.4, -0.2) is 47.2 Å². The lowest BCUT2D eigenvalue weighted by Gasteiger charge is -2.33. The largest absolute Gasteiger partial charge is 0.348 e. The molecule has 0 bridgehead atoms. The number of benzene rings is 3. The predicted molar refractivity (Wildman–Crippen MR) is 154 cm³/mol. The highest BCUT2D eigenvalue weighted by atomic mass is 32.2. The molecule has 0 saturated carbocycles. The fourth-order valence-electron chi connectivity index (χ4n) is 4.31. The maximum atomic E-state index is 14.0. The van der Waals surface area contributed by atoms with E-state index in [1.807, 2.05) is 6.07 Å². The third-order valence-corrected chi connectivity index (χ3v) is 7.61. The molecule has 1 heterocycles. The number of aromatic nitrogens is 1. The first-order valence-corrected chi connectivity index (χ1v) is 14.8. The van der Waals surface area contributed by atoms with Gasteiger partial charge >= 0.3 is 0 Å². The number of nitrogens with one attached hydrogen (secondary N) is 1. The zero-order valence-electron chi connectivity index (χ0n) is 22.6. The van der Waals surface area contributed by atoms with Gasteiger partial charge in [0, 0.05) is 19.3 Å². The van der Waals surface area contributed by atoms with Gasteiger partial charge in [0.2, 0.25) is 21.8 Å². The number of amides is 2. The average molecular weight is 575 g/mol. The van der Waals surface area contributed by atoms with Gasteiger partial charge < -0.3 is 10.2 Å². The van der Waals surface area contributed by atoms with Crippen LogP contribution >= 0.6 is 0 Å². The Kier molecular flexibility index (Phi) is 9.94. The van der Waals surface area contributed by atoms with Crippen molar-refractivity contribution < 1.29 is 22.4 Å². The molecule has 4 rings (SSSR count). The van der Waals surface area contributed by atoms with E-state index in [4.69, 9.17) is 0 Å². The van der Waals surface area contributed by atoms with Crippen molar-refractivity contribution >= 4 is 21.8 Å². The van der Waals surface area contributed by atoms with Crippen LogP contribution in [0.3, 0.4) is 0 Å². The zero-order valence-corrected chi connectivity index (χ0v) is 23.4. The van der Waals surface area contributed by atoms with Crippen LogP contribution in [0.4, 0.5) is 4.39 Å². The molecule has 3 aromatic carbocycles. The summed E-state index contributed by atoms with van der Waals surface area (Å²) in [5, 5.41) is 2.86. The summed E-state index contributed by atoms with van der Waals surface area (Å²) in [6.45, 7) is -0.437. The first-order valence-electron chi connectivity index (χ1n) is 13.0. The van der Waals surface area contributed by atoms with Crippen molar-refractivity contribution in [3.63, 3.8) is 0 Å². The third-order valence-electron chi connectivity index (χ3n) is 6.41. The molecular weight excluding hydrogens is 543 g/mol. The summed E-state index contributed by atoms with van der Waals surface area (Å²) in [4.78, 5) is 33.3. The molecule has 41 heavy (non-hydrogen) atoms. The van der Waals surface area contributed by atoms with Crippen LogP contribution in [0.15, 0.2) is 109 Å². The van der Waals surface area contributed by atoms with E-state index in [2.05, 4.69) is 10.3 Å². The van der Waals surface area contributed by atoms with Gasteiger partial charge in [-0.25, -0.2) is 12.8 Å². The number of sulfonamides is 1. The van der Waals surface area contributed by atoms with E-state index >= 15 is 0 Å². The fourth-order valence-corrected chi connectivity index (χ4v) is 5.04. The van der Waals surface area contributed by atoms with Crippen molar-refractivity contribution in [1.29, 1.82) is 0 Å². The van der Waals surface area contributed by atoms with E-state index in [1.165, 1.54) is 29.2 Å². The van der Waals surface area contributed by atoms with Crippen molar-refractivity contribution in [3.05, 3.63) is 138 Å². The molecule has 4 aromatic rings. The third kappa shape index (κ3) is 8.54. The summed E-state index contributed by atoms with van der Waals surface area (Å²) in [5.41, 5.74) is 2.46. The van der Waals surface area contributed by atoms with Gasteiger partial charge in [-0.2, -0.15) is 4.31 Å². The van der Waals surface area contributed by atoms with Crippen molar-refractivity contribution in [3.8, 4) is 0 Å². The van der Waals surface area contributed by atoms with E-state index in [-0.39, 0.29) is 19.6 Å². The second-order valence-corrected chi connectivity index (χ2v) is 11.5. The lowest BCUT2D eigenvalue weighted by Crippen LogP contribution is -2.47. The molecule has 0 aliphatic carbocycles. The topological polar surface area (TPSA) is 99.7 Å². The Balaban J connectivity index is 1.69. The van der Waals surface area contributed by atoms with E-state index < -0.39 is 40.2 Å². The maximum Gasteiger partial charge on any atom is 0.247 e. The van der Waals surface area contributed by atoms with Crippen LogP contribution in [0.2, 0.25) is 0 Å². The molecule has 1 N–H and O–H groups in total. The summed E-state index contributed by atoms with van der Waals surface area (Å²) >= 11 is 0. The fraction of sp³-hybridized carbons (Fsp3) is 0.194. The van der Waals surface area contributed by atoms with Crippen molar-refractivity contribution in [1.82, 2.24) is 19.5 Å². The predicted octanol–water partition coefficient (Wildman–Crippen LogP) is 4.07. The monoisotopic (exact) mass is 574 g/mol. The van der Waals surface area contributed by atoms with Crippen LogP contribution < -0.4 is 5.32 Å². The van der Waals surface area contributed by atoms with Crippen molar-refractivity contribution in [2.75, 3.05) is 12.8 Å². The van der Waals surface area contributed by atoms with E-state index in [0.29, 0.717) is 22.4 Å². The van der Waals surface area contributed by atoms with Crippen molar-refractivity contribution in [2.45, 2.75) is 25.7 Å². The van der Waals surface area contributed by atoms with Gasteiger partial charge in [-0.05, 0) is 41.0 Å². The Bertz CT molecular complexity index is 1540. The highest BCUT2D eigenvalue weighted by Crippen LogP contribution is 2.25. The first kappa shape index (κ1) is 29.6. The van der Waals surface area contributed by atoms with Gasteiger partial charge in [0.1, 0.15) is 11.9 Å². The van der Waals surface area contributed by atoms with Crippen LogP contribution in [0.5, 0.6) is 0 Å². The lowest BCUT2D eigenvalue weighted by atomic mass is 10.0. The van der Waals surface area contributed by atoms with Gasteiger partial charge in [0.15, 0.2) is 0 Å². The van der Waals surface area contributed by atoms with Crippen LogP contribution in [0, 0.1) is 5.82 Å². The van der Waals surface area contributed by atoms with Crippen LogP contribution in [0.1, 0.15) is 28.4 Å². The SMILES string of the molecule is CS(=O)(=O)N(CC(=O)N(Cc1ccc(F)cc1)[C@H](C(=O)NCc1ccccn1)c1ccccc1)Cc1ccccc1. The lowest BCUT2D eigenvalue weighted by molar-refractivity contribution is -0.141. The Morgan fingerprint density at radius 1 is 0.829 bits per heavy atom. The van der Waals surface area contributed by atoms with Crippen LogP contribution in [-0.2, 0) is 39.2 Å². The number of hydrogen-bond acceptors (Lipinski definition) is 5. The molecular formula is C31H31FN4O4S. The number of rotatable bonds is 12. The summed E-state index contributed by atoms with van der Waals surface area (Å²) in [5.74, 6) is -1.49. The summed E-state index contributed by atoms with van der Waals surface area (Å²) in [6, 6.07) is 27.6. The smallest absolute Gasteiger partial charge is 0.247 e. The van der Waals surface area contributed by atoms with Gasteiger partial charge in [-0.15, -0.1) is 0 Å². The summed E-state index contributed by atoms with van der Waals surface area (Å²) in [6.07, 6.45) is 2.66. The standard InChI is InChI=1S/C31H31FN4O4S/c1-41(39,40)35(21-24-10-4-2-5-11-24)23-29(37)36(22-25-15-17-27(32)18-16-25)30(26-12-6-3-7-13-26)31(38)34-20-28-14-8-9-19-33-28/h2-19,30H,20-23H2,1H3,(H,34,38)/t30-/m0/s1. The number of carbonyl (C=O) groups excluding carboxylic acids is 2. The second kappa shape index (κ2) is 13.8. The molecule has 10 heteroatoms. The minimum atomic E-state index is -3.80. The molecule has 0 saturated heterocycles. The molecule has 0 aliphatic heterocycles. The summed E-state index contributed by atoms with van der Waals surface area (Å²) < 4.78 is 40.3. The zero-order chi connectivity index (χ0) is 29.2. The highest BCUT2D eigenvalue weighted by Gasteiger charge is 2.33. The number of hydrogen-bond donors (Lipinski definition) is 1. The normalized spacial score (nSPS) is 12.1. The average Bonchev–Trinajstić information content (AvgIpc) is 2.97. The van der Waals surface area contributed by atoms with Gasteiger partial charge in [0.05, 0.1) is 25.0 Å². The van der Waals surface area contributed by atoms with Crippen LogP contribution in [0.25, 0.3) is 0 Å².